The first kappa shape index (κ1) is 15.5. The van der Waals surface area contributed by atoms with Crippen LogP contribution < -0.4 is 10.1 Å². The quantitative estimate of drug-likeness (QED) is 0.795. The van der Waals surface area contributed by atoms with Crippen LogP contribution >= 0.6 is 0 Å². The van der Waals surface area contributed by atoms with Gasteiger partial charge in [-0.25, -0.2) is 0 Å². The van der Waals surface area contributed by atoms with E-state index in [4.69, 9.17) is 9.84 Å². The molecule has 1 aromatic carbocycles. The summed E-state index contributed by atoms with van der Waals surface area (Å²) in [4.78, 5) is 11.1. The topological polar surface area (TPSA) is 58.6 Å². The fourth-order valence-corrected chi connectivity index (χ4v) is 1.83. The second-order valence-corrected chi connectivity index (χ2v) is 5.12. The summed E-state index contributed by atoms with van der Waals surface area (Å²) in [5.74, 6) is -0.00745. The zero-order chi connectivity index (χ0) is 14.4. The Balaban J connectivity index is 2.52. The van der Waals surface area contributed by atoms with Crippen LogP contribution in [0.4, 0.5) is 0 Å². The third-order valence-corrected chi connectivity index (χ3v) is 2.84. The van der Waals surface area contributed by atoms with Crippen molar-refractivity contribution in [3.8, 4) is 5.75 Å². The van der Waals surface area contributed by atoms with Gasteiger partial charge >= 0.3 is 5.97 Å². The summed E-state index contributed by atoms with van der Waals surface area (Å²) in [5, 5.41) is 12.1. The average molecular weight is 265 g/mol. The summed E-state index contributed by atoms with van der Waals surface area (Å²) in [7, 11) is 0. The fraction of sp³-hybridized carbons (Fsp3) is 0.533. The molecule has 4 nitrogen and oxygen atoms in total. The predicted octanol–water partition coefficient (Wildman–Crippen LogP) is 2.52. The van der Waals surface area contributed by atoms with Crippen molar-refractivity contribution in [2.75, 3.05) is 6.61 Å². The second-order valence-electron chi connectivity index (χ2n) is 5.12. The molecule has 0 aliphatic carbocycles. The van der Waals surface area contributed by atoms with Crippen LogP contribution in [0.25, 0.3) is 0 Å². The maximum absolute atomic E-state index is 11.1. The zero-order valence-corrected chi connectivity index (χ0v) is 12.1. The van der Waals surface area contributed by atoms with Crippen molar-refractivity contribution in [2.45, 2.75) is 46.2 Å². The average Bonchev–Trinajstić information content (AvgIpc) is 2.31. The first-order valence-corrected chi connectivity index (χ1v) is 6.59. The number of nitrogens with one attached hydrogen (secondary N) is 1. The predicted molar refractivity (Wildman–Crippen MR) is 75.7 cm³/mol. The summed E-state index contributed by atoms with van der Waals surface area (Å²) in [6.07, 6.45) is 0.445. The van der Waals surface area contributed by atoms with Gasteiger partial charge < -0.3 is 15.2 Å². The summed E-state index contributed by atoms with van der Waals surface area (Å²) in [6.45, 7) is 8.24. The summed E-state index contributed by atoms with van der Waals surface area (Å²) in [5.41, 5.74) is 2.20. The molecule has 0 saturated carbocycles. The molecular weight excluding hydrogens is 242 g/mol. The highest BCUT2D eigenvalue weighted by molar-refractivity contribution is 5.73. The second kappa shape index (κ2) is 7.14. The molecular formula is C15H23NO3. The van der Waals surface area contributed by atoms with Crippen LogP contribution in [0.1, 0.15) is 31.4 Å². The minimum Gasteiger partial charge on any atom is -0.493 e. The molecule has 106 valence electrons. The van der Waals surface area contributed by atoms with E-state index in [0.717, 1.165) is 16.9 Å². The van der Waals surface area contributed by atoms with E-state index in [1.165, 1.54) is 0 Å². The molecule has 0 amide bonds. The van der Waals surface area contributed by atoms with E-state index in [-0.39, 0.29) is 6.04 Å². The molecule has 0 aliphatic heterocycles. The Kier molecular flexibility index (Phi) is 5.83. The van der Waals surface area contributed by atoms with Crippen molar-refractivity contribution in [2.24, 2.45) is 0 Å². The molecule has 0 spiro atoms. The summed E-state index contributed by atoms with van der Waals surface area (Å²) >= 11 is 0. The van der Waals surface area contributed by atoms with Crippen molar-refractivity contribution < 1.29 is 14.6 Å². The third-order valence-electron chi connectivity index (χ3n) is 2.84. The SMILES string of the molecule is Cc1ccc(C)c(OCCC(NC(C)C)C(=O)O)c1. The van der Waals surface area contributed by atoms with E-state index >= 15 is 0 Å². The first-order chi connectivity index (χ1) is 8.90. The van der Waals surface area contributed by atoms with Crippen molar-refractivity contribution in [3.63, 3.8) is 0 Å². The molecule has 19 heavy (non-hydrogen) atoms. The van der Waals surface area contributed by atoms with Gasteiger partial charge in [0.25, 0.3) is 0 Å². The number of aryl methyl sites for hydroxylation is 2. The summed E-state index contributed by atoms with van der Waals surface area (Å²) in [6, 6.07) is 5.59. The van der Waals surface area contributed by atoms with Gasteiger partial charge in [0.05, 0.1) is 6.61 Å². The van der Waals surface area contributed by atoms with Crippen LogP contribution in [-0.4, -0.2) is 29.8 Å². The van der Waals surface area contributed by atoms with E-state index in [1.807, 2.05) is 45.9 Å². The number of carboxylic acid groups (broad SMARTS) is 1. The maximum atomic E-state index is 11.1. The van der Waals surface area contributed by atoms with E-state index in [2.05, 4.69) is 5.32 Å². The van der Waals surface area contributed by atoms with Crippen molar-refractivity contribution in [3.05, 3.63) is 29.3 Å². The largest absolute Gasteiger partial charge is 0.493 e. The van der Waals surface area contributed by atoms with E-state index < -0.39 is 12.0 Å². The molecule has 1 unspecified atom stereocenters. The van der Waals surface area contributed by atoms with E-state index in [1.54, 1.807) is 0 Å². The molecule has 0 fully saturated rings. The van der Waals surface area contributed by atoms with E-state index in [0.29, 0.717) is 13.0 Å². The minimum atomic E-state index is -0.835. The normalized spacial score (nSPS) is 12.5. The lowest BCUT2D eigenvalue weighted by molar-refractivity contribution is -0.140. The van der Waals surface area contributed by atoms with E-state index in [9.17, 15) is 4.79 Å². The van der Waals surface area contributed by atoms with Gasteiger partial charge in [-0.2, -0.15) is 0 Å². The van der Waals surface area contributed by atoms with Crippen LogP contribution in [0.5, 0.6) is 5.75 Å². The molecule has 0 heterocycles. The number of hydrogen-bond donors (Lipinski definition) is 2. The van der Waals surface area contributed by atoms with Gasteiger partial charge in [-0.05, 0) is 31.0 Å². The highest BCUT2D eigenvalue weighted by atomic mass is 16.5. The van der Waals surface area contributed by atoms with Crippen molar-refractivity contribution in [1.82, 2.24) is 5.32 Å². The first-order valence-electron chi connectivity index (χ1n) is 6.59. The number of rotatable bonds is 7. The lowest BCUT2D eigenvalue weighted by Gasteiger charge is -2.18. The highest BCUT2D eigenvalue weighted by Crippen LogP contribution is 2.19. The van der Waals surface area contributed by atoms with Gasteiger partial charge in [0.1, 0.15) is 11.8 Å². The van der Waals surface area contributed by atoms with Crippen LogP contribution in [0.2, 0.25) is 0 Å². The Bertz CT molecular complexity index is 429. The van der Waals surface area contributed by atoms with Gasteiger partial charge in [0.15, 0.2) is 0 Å². The molecule has 0 radical (unpaired) electrons. The molecule has 0 bridgehead atoms. The van der Waals surface area contributed by atoms with Crippen molar-refractivity contribution in [1.29, 1.82) is 0 Å². The lowest BCUT2D eigenvalue weighted by atomic mass is 10.1. The van der Waals surface area contributed by atoms with Crippen molar-refractivity contribution >= 4 is 5.97 Å². The third kappa shape index (κ3) is 5.30. The van der Waals surface area contributed by atoms with Gasteiger partial charge in [-0.3, -0.25) is 4.79 Å². The molecule has 1 atom stereocenters. The van der Waals surface area contributed by atoms with Crippen LogP contribution in [0, 0.1) is 13.8 Å². The Morgan fingerprint density at radius 3 is 2.63 bits per heavy atom. The van der Waals surface area contributed by atoms with Gasteiger partial charge in [-0.1, -0.05) is 26.0 Å². The molecule has 0 saturated heterocycles. The Morgan fingerprint density at radius 1 is 1.37 bits per heavy atom. The number of ether oxygens (including phenoxy) is 1. The molecule has 2 N–H and O–H groups in total. The molecule has 1 rings (SSSR count). The number of hydrogen-bond acceptors (Lipinski definition) is 3. The van der Waals surface area contributed by atoms with Gasteiger partial charge in [-0.15, -0.1) is 0 Å². The standard InChI is InChI=1S/C15H23NO3/c1-10(2)16-13(15(17)18)7-8-19-14-9-11(3)5-6-12(14)4/h5-6,9-10,13,16H,7-8H2,1-4H3,(H,17,18). The summed E-state index contributed by atoms with van der Waals surface area (Å²) < 4.78 is 5.68. The number of carboxylic acids is 1. The highest BCUT2D eigenvalue weighted by Gasteiger charge is 2.17. The van der Waals surface area contributed by atoms with Crippen LogP contribution in [0.15, 0.2) is 18.2 Å². The zero-order valence-electron chi connectivity index (χ0n) is 12.1. The van der Waals surface area contributed by atoms with Gasteiger partial charge in [0.2, 0.25) is 0 Å². The van der Waals surface area contributed by atoms with Gasteiger partial charge in [0, 0.05) is 12.5 Å². The Morgan fingerprint density at radius 2 is 2.05 bits per heavy atom. The number of benzene rings is 1. The fourth-order valence-electron chi connectivity index (χ4n) is 1.83. The maximum Gasteiger partial charge on any atom is 0.320 e. The Hall–Kier alpha value is -1.55. The smallest absolute Gasteiger partial charge is 0.320 e. The lowest BCUT2D eigenvalue weighted by Crippen LogP contribution is -2.41. The van der Waals surface area contributed by atoms with Crippen LogP contribution in [-0.2, 0) is 4.79 Å². The molecule has 4 heteroatoms. The molecule has 1 aromatic rings. The Labute approximate surface area is 114 Å². The number of aliphatic carboxylic acids is 1. The van der Waals surface area contributed by atoms with Crippen LogP contribution in [0.3, 0.4) is 0 Å². The molecule has 0 aromatic heterocycles. The molecule has 0 aliphatic rings. The minimum absolute atomic E-state index is 0.141. The monoisotopic (exact) mass is 265 g/mol. The number of carbonyl (C=O) groups is 1.